The predicted molar refractivity (Wildman–Crippen MR) is 84.9 cm³/mol. The fraction of sp³-hybridized carbons (Fsp3) is 0.667. The summed E-state index contributed by atoms with van der Waals surface area (Å²) >= 11 is 0. The predicted octanol–water partition coefficient (Wildman–Crippen LogP) is 3.49. The molecule has 2 fully saturated rings. The van der Waals surface area contributed by atoms with Crippen molar-refractivity contribution >= 4 is 0 Å². The van der Waals surface area contributed by atoms with E-state index >= 15 is 0 Å². The minimum absolute atomic E-state index is 0.185. The van der Waals surface area contributed by atoms with E-state index in [0.717, 1.165) is 12.4 Å². The third kappa shape index (κ3) is 3.98. The number of nitrogens with one attached hydrogen (secondary N) is 1. The summed E-state index contributed by atoms with van der Waals surface area (Å²) in [5.74, 6) is 1.55. The second kappa shape index (κ2) is 5.29. The molecule has 1 aromatic rings. The van der Waals surface area contributed by atoms with Crippen LogP contribution in [0, 0.1) is 0 Å². The van der Waals surface area contributed by atoms with Gasteiger partial charge in [-0.3, -0.25) is 0 Å². The summed E-state index contributed by atoms with van der Waals surface area (Å²) in [6.07, 6.45) is 2.66. The molecule has 1 atom stereocenters. The Morgan fingerprint density at radius 1 is 1.10 bits per heavy atom. The molecular weight excluding hydrogens is 262 g/mol. The Balaban J connectivity index is 1.67. The summed E-state index contributed by atoms with van der Waals surface area (Å²) in [6.45, 7) is 10.7. The highest BCUT2D eigenvalue weighted by Gasteiger charge is 2.38. The van der Waals surface area contributed by atoms with E-state index in [9.17, 15) is 0 Å². The number of hydrogen-bond donors (Lipinski definition) is 1. The molecule has 0 spiro atoms. The molecule has 2 saturated heterocycles. The molecule has 116 valence electrons. The van der Waals surface area contributed by atoms with E-state index in [1.54, 1.807) is 0 Å². The van der Waals surface area contributed by atoms with Crippen LogP contribution >= 0.6 is 0 Å². The molecule has 3 nitrogen and oxygen atoms in total. The molecule has 2 aliphatic heterocycles. The monoisotopic (exact) mass is 289 g/mol. The highest BCUT2D eigenvalue weighted by Crippen LogP contribution is 2.39. The van der Waals surface area contributed by atoms with Crippen molar-refractivity contribution in [2.75, 3.05) is 13.2 Å². The first kappa shape index (κ1) is 14.9. The lowest BCUT2D eigenvalue weighted by molar-refractivity contribution is 0.162. The van der Waals surface area contributed by atoms with Gasteiger partial charge in [-0.05, 0) is 64.2 Å². The van der Waals surface area contributed by atoms with Gasteiger partial charge < -0.3 is 14.8 Å². The zero-order chi connectivity index (χ0) is 15.1. The number of hydrogen-bond acceptors (Lipinski definition) is 3. The first-order chi connectivity index (χ1) is 9.83. The van der Waals surface area contributed by atoms with Gasteiger partial charge in [0.2, 0.25) is 0 Å². The summed E-state index contributed by atoms with van der Waals surface area (Å²) < 4.78 is 10.9. The van der Waals surface area contributed by atoms with E-state index in [2.05, 4.69) is 57.3 Å². The highest BCUT2D eigenvalue weighted by atomic mass is 16.6. The zero-order valence-electron chi connectivity index (χ0n) is 13.6. The summed E-state index contributed by atoms with van der Waals surface area (Å²) in [4.78, 5) is 0. The van der Waals surface area contributed by atoms with Crippen LogP contribution in [0.15, 0.2) is 24.3 Å². The second-order valence-corrected chi connectivity index (χ2v) is 7.83. The van der Waals surface area contributed by atoms with Crippen LogP contribution in [0.3, 0.4) is 0 Å². The average Bonchev–Trinajstić information content (AvgIpc) is 3.17. The van der Waals surface area contributed by atoms with Crippen molar-refractivity contribution in [2.45, 2.75) is 63.6 Å². The smallest absolute Gasteiger partial charge is 0.119 e. The molecule has 0 radical (unpaired) electrons. The molecule has 21 heavy (non-hydrogen) atoms. The Morgan fingerprint density at radius 2 is 1.67 bits per heavy atom. The molecule has 1 aromatic carbocycles. The topological polar surface area (TPSA) is 33.8 Å². The van der Waals surface area contributed by atoms with Crippen molar-refractivity contribution in [3.63, 3.8) is 0 Å². The summed E-state index contributed by atoms with van der Waals surface area (Å²) in [6, 6.07) is 8.65. The molecule has 0 aliphatic carbocycles. The molecule has 1 unspecified atom stereocenters. The van der Waals surface area contributed by atoms with Gasteiger partial charge in [-0.15, -0.1) is 0 Å². The third-order valence-electron chi connectivity index (χ3n) is 4.38. The van der Waals surface area contributed by atoms with Crippen LogP contribution in [0.4, 0.5) is 0 Å². The fourth-order valence-corrected chi connectivity index (χ4v) is 3.75. The van der Waals surface area contributed by atoms with Gasteiger partial charge in [0, 0.05) is 11.1 Å². The maximum Gasteiger partial charge on any atom is 0.119 e. The SMILES string of the molecule is CC1(C)CC(c2ccc(OCC3CO3)cc2)CC(C)(C)N1. The van der Waals surface area contributed by atoms with E-state index in [1.165, 1.54) is 18.4 Å². The third-order valence-corrected chi connectivity index (χ3v) is 4.38. The Hall–Kier alpha value is -1.06. The van der Waals surface area contributed by atoms with E-state index in [0.29, 0.717) is 18.6 Å². The van der Waals surface area contributed by atoms with Crippen LogP contribution < -0.4 is 10.1 Å². The van der Waals surface area contributed by atoms with Crippen LogP contribution in [0.5, 0.6) is 5.75 Å². The Morgan fingerprint density at radius 3 is 2.19 bits per heavy atom. The van der Waals surface area contributed by atoms with Gasteiger partial charge >= 0.3 is 0 Å². The summed E-state index contributed by atoms with van der Waals surface area (Å²) in [5.41, 5.74) is 1.79. The molecule has 1 N–H and O–H groups in total. The van der Waals surface area contributed by atoms with Gasteiger partial charge in [0.1, 0.15) is 18.5 Å². The molecule has 0 aromatic heterocycles. The summed E-state index contributed by atoms with van der Waals surface area (Å²) in [7, 11) is 0. The fourth-order valence-electron chi connectivity index (χ4n) is 3.75. The molecule has 2 heterocycles. The maximum absolute atomic E-state index is 5.72. The van der Waals surface area contributed by atoms with Crippen LogP contribution in [-0.2, 0) is 4.74 Å². The average molecular weight is 289 g/mol. The molecular formula is C18H27NO2. The van der Waals surface area contributed by atoms with Gasteiger partial charge in [-0.2, -0.15) is 0 Å². The largest absolute Gasteiger partial charge is 0.491 e. The van der Waals surface area contributed by atoms with Crippen LogP contribution in [0.2, 0.25) is 0 Å². The number of benzene rings is 1. The molecule has 0 saturated carbocycles. The van der Waals surface area contributed by atoms with Crippen molar-refractivity contribution in [2.24, 2.45) is 0 Å². The van der Waals surface area contributed by atoms with Gasteiger partial charge in [-0.1, -0.05) is 12.1 Å². The lowest BCUT2D eigenvalue weighted by Crippen LogP contribution is -2.57. The van der Waals surface area contributed by atoms with Crippen LogP contribution in [0.1, 0.15) is 52.0 Å². The van der Waals surface area contributed by atoms with Crippen LogP contribution in [0.25, 0.3) is 0 Å². The standard InChI is InChI=1S/C18H27NO2/c1-17(2)9-14(10-18(3,4)19-17)13-5-7-15(8-6-13)20-11-16-12-21-16/h5-8,14,16,19H,9-12H2,1-4H3. The minimum Gasteiger partial charge on any atom is -0.491 e. The molecule has 2 aliphatic rings. The van der Waals surface area contributed by atoms with Crippen molar-refractivity contribution < 1.29 is 9.47 Å². The lowest BCUT2D eigenvalue weighted by Gasteiger charge is -2.46. The number of ether oxygens (including phenoxy) is 2. The van der Waals surface area contributed by atoms with E-state index in [-0.39, 0.29) is 11.1 Å². The van der Waals surface area contributed by atoms with Crippen molar-refractivity contribution in [1.82, 2.24) is 5.32 Å². The molecule has 3 heteroatoms. The van der Waals surface area contributed by atoms with E-state index < -0.39 is 0 Å². The molecule has 3 rings (SSSR count). The van der Waals surface area contributed by atoms with E-state index in [1.807, 2.05) is 0 Å². The van der Waals surface area contributed by atoms with E-state index in [4.69, 9.17) is 9.47 Å². The van der Waals surface area contributed by atoms with Gasteiger partial charge in [0.15, 0.2) is 0 Å². The normalized spacial score (nSPS) is 27.3. The van der Waals surface area contributed by atoms with Crippen molar-refractivity contribution in [3.8, 4) is 5.75 Å². The first-order valence-corrected chi connectivity index (χ1v) is 7.97. The number of rotatable bonds is 4. The van der Waals surface area contributed by atoms with Gasteiger partial charge in [-0.25, -0.2) is 0 Å². The van der Waals surface area contributed by atoms with Crippen molar-refractivity contribution in [1.29, 1.82) is 0 Å². The van der Waals surface area contributed by atoms with Gasteiger partial charge in [0.25, 0.3) is 0 Å². The number of epoxide rings is 1. The molecule has 0 amide bonds. The lowest BCUT2D eigenvalue weighted by atomic mass is 9.73. The Kier molecular flexibility index (Phi) is 3.74. The van der Waals surface area contributed by atoms with Gasteiger partial charge in [0.05, 0.1) is 6.61 Å². The highest BCUT2D eigenvalue weighted by molar-refractivity contribution is 5.30. The summed E-state index contributed by atoms with van der Waals surface area (Å²) in [5, 5.41) is 3.74. The number of piperidine rings is 1. The first-order valence-electron chi connectivity index (χ1n) is 7.97. The zero-order valence-corrected chi connectivity index (χ0v) is 13.6. The second-order valence-electron chi connectivity index (χ2n) is 7.83. The maximum atomic E-state index is 5.72. The van der Waals surface area contributed by atoms with Crippen LogP contribution in [-0.4, -0.2) is 30.4 Å². The Bertz CT molecular complexity index is 472. The Labute approximate surface area is 128 Å². The molecule has 0 bridgehead atoms. The van der Waals surface area contributed by atoms with Crippen molar-refractivity contribution in [3.05, 3.63) is 29.8 Å². The quantitative estimate of drug-likeness (QED) is 0.862. The minimum atomic E-state index is 0.185.